The minimum atomic E-state index is -0.287. The fraction of sp³-hybridized carbons (Fsp3) is 0.818. The highest BCUT2D eigenvalue weighted by molar-refractivity contribution is 5.85. The molecule has 0 bridgehead atoms. The monoisotopic (exact) mass is 227 g/mol. The molecule has 0 aliphatic heterocycles. The van der Waals surface area contributed by atoms with E-state index in [0.717, 1.165) is 12.8 Å². The number of hydrogen-bond acceptors (Lipinski definition) is 3. The second-order valence-electron chi connectivity index (χ2n) is 4.28. The van der Waals surface area contributed by atoms with E-state index in [-0.39, 0.29) is 24.9 Å². The third-order valence-corrected chi connectivity index (χ3v) is 3.14. The van der Waals surface area contributed by atoms with Gasteiger partial charge in [0.2, 0.25) is 11.8 Å². The van der Waals surface area contributed by atoms with Crippen molar-refractivity contribution >= 4 is 11.8 Å². The number of likely N-dealkylation sites (N-methyl/N-ethyl adjacent to an activating group) is 1. The third kappa shape index (κ3) is 3.81. The van der Waals surface area contributed by atoms with E-state index in [9.17, 15) is 9.59 Å². The molecule has 1 aliphatic rings. The summed E-state index contributed by atoms with van der Waals surface area (Å²) in [6.07, 6.45) is 5.80. The molecule has 5 nitrogen and oxygen atoms in total. The van der Waals surface area contributed by atoms with Gasteiger partial charge in [0.25, 0.3) is 0 Å². The molecule has 0 unspecified atom stereocenters. The Bertz CT molecular complexity index is 250. The highest BCUT2D eigenvalue weighted by atomic mass is 16.2. The molecule has 0 radical (unpaired) electrons. The van der Waals surface area contributed by atoms with E-state index in [1.54, 1.807) is 4.90 Å². The van der Waals surface area contributed by atoms with Crippen molar-refractivity contribution in [1.82, 2.24) is 10.2 Å². The first-order valence-electron chi connectivity index (χ1n) is 5.87. The smallest absolute Gasteiger partial charge is 0.241 e. The minimum Gasteiger partial charge on any atom is -0.346 e. The molecule has 1 saturated carbocycles. The summed E-state index contributed by atoms with van der Waals surface area (Å²) in [6.45, 7) is -0.0105. The van der Waals surface area contributed by atoms with Gasteiger partial charge in [0.15, 0.2) is 0 Å². The molecule has 0 heterocycles. The van der Waals surface area contributed by atoms with Crippen LogP contribution in [0.5, 0.6) is 0 Å². The summed E-state index contributed by atoms with van der Waals surface area (Å²) in [5.74, 6) is -0.320. The van der Waals surface area contributed by atoms with E-state index in [1.165, 1.54) is 19.3 Å². The maximum Gasteiger partial charge on any atom is 0.241 e. The Labute approximate surface area is 96.4 Å². The van der Waals surface area contributed by atoms with Gasteiger partial charge in [0.1, 0.15) is 0 Å². The molecular weight excluding hydrogens is 206 g/mol. The quantitative estimate of drug-likeness (QED) is 0.701. The van der Waals surface area contributed by atoms with Gasteiger partial charge in [-0.3, -0.25) is 9.59 Å². The van der Waals surface area contributed by atoms with Crippen LogP contribution in [-0.2, 0) is 9.59 Å². The third-order valence-electron chi connectivity index (χ3n) is 3.14. The van der Waals surface area contributed by atoms with Crippen LogP contribution in [0.15, 0.2) is 0 Å². The SMILES string of the molecule is CN(C(=O)CNC(=O)CN)C1CCCCC1. The maximum atomic E-state index is 11.7. The highest BCUT2D eigenvalue weighted by Gasteiger charge is 2.21. The van der Waals surface area contributed by atoms with E-state index in [1.807, 2.05) is 7.05 Å². The molecular formula is C11H21N3O2. The molecule has 0 aromatic rings. The Balaban J connectivity index is 2.31. The summed E-state index contributed by atoms with van der Waals surface area (Å²) in [5.41, 5.74) is 5.14. The molecule has 16 heavy (non-hydrogen) atoms. The molecule has 0 aromatic heterocycles. The lowest BCUT2D eigenvalue weighted by Gasteiger charge is -2.31. The van der Waals surface area contributed by atoms with Gasteiger partial charge < -0.3 is 16.0 Å². The van der Waals surface area contributed by atoms with Crippen molar-refractivity contribution in [1.29, 1.82) is 0 Å². The van der Waals surface area contributed by atoms with Gasteiger partial charge in [0, 0.05) is 13.1 Å². The average Bonchev–Trinajstić information content (AvgIpc) is 2.35. The van der Waals surface area contributed by atoms with Crippen LogP contribution in [-0.4, -0.2) is 42.9 Å². The number of hydrogen-bond donors (Lipinski definition) is 2. The lowest BCUT2D eigenvalue weighted by molar-refractivity contribution is -0.133. The second-order valence-corrected chi connectivity index (χ2v) is 4.28. The summed E-state index contributed by atoms with van der Waals surface area (Å²) in [6, 6.07) is 0.344. The van der Waals surface area contributed by atoms with Crippen LogP contribution in [0.1, 0.15) is 32.1 Å². The van der Waals surface area contributed by atoms with Crippen molar-refractivity contribution in [3.05, 3.63) is 0 Å². The molecule has 0 spiro atoms. The Morgan fingerprint density at radius 3 is 2.50 bits per heavy atom. The summed E-state index contributed by atoms with van der Waals surface area (Å²) in [5, 5.41) is 2.50. The van der Waals surface area contributed by atoms with Gasteiger partial charge >= 0.3 is 0 Å². The predicted molar refractivity (Wildman–Crippen MR) is 61.7 cm³/mol. The molecule has 1 rings (SSSR count). The summed E-state index contributed by atoms with van der Waals surface area (Å²) in [4.78, 5) is 24.4. The van der Waals surface area contributed by atoms with Crippen LogP contribution in [0.2, 0.25) is 0 Å². The van der Waals surface area contributed by atoms with Crippen molar-refractivity contribution in [3.63, 3.8) is 0 Å². The Hall–Kier alpha value is -1.10. The largest absolute Gasteiger partial charge is 0.346 e. The van der Waals surface area contributed by atoms with Crippen LogP contribution in [0, 0.1) is 0 Å². The second kappa shape index (κ2) is 6.48. The standard InChI is InChI=1S/C11H21N3O2/c1-14(9-5-3-2-4-6-9)11(16)8-13-10(15)7-12/h9H,2-8,12H2,1H3,(H,13,15). The molecule has 0 aromatic carbocycles. The first kappa shape index (κ1) is 13.0. The first-order valence-corrected chi connectivity index (χ1v) is 5.87. The molecule has 5 heteroatoms. The number of nitrogens with one attached hydrogen (secondary N) is 1. The molecule has 1 aliphatic carbocycles. The number of carbonyl (C=O) groups is 2. The van der Waals surface area contributed by atoms with Crippen molar-refractivity contribution in [2.24, 2.45) is 5.73 Å². The van der Waals surface area contributed by atoms with E-state index in [4.69, 9.17) is 5.73 Å². The number of nitrogens with zero attached hydrogens (tertiary/aromatic N) is 1. The van der Waals surface area contributed by atoms with Crippen LogP contribution >= 0.6 is 0 Å². The first-order chi connectivity index (χ1) is 7.65. The lowest BCUT2D eigenvalue weighted by Crippen LogP contribution is -2.45. The average molecular weight is 227 g/mol. The molecule has 1 fully saturated rings. The van der Waals surface area contributed by atoms with Gasteiger partial charge in [-0.05, 0) is 12.8 Å². The van der Waals surface area contributed by atoms with Crippen LogP contribution in [0.4, 0.5) is 0 Å². The van der Waals surface area contributed by atoms with E-state index in [2.05, 4.69) is 5.32 Å². The molecule has 3 N–H and O–H groups in total. The zero-order valence-electron chi connectivity index (χ0n) is 9.87. The maximum absolute atomic E-state index is 11.7. The summed E-state index contributed by atoms with van der Waals surface area (Å²) >= 11 is 0. The Kier molecular flexibility index (Phi) is 5.25. The molecule has 0 atom stereocenters. The van der Waals surface area contributed by atoms with Crippen LogP contribution in [0.25, 0.3) is 0 Å². The van der Waals surface area contributed by atoms with Crippen molar-refractivity contribution in [3.8, 4) is 0 Å². The summed E-state index contributed by atoms with van der Waals surface area (Å²) < 4.78 is 0. The Morgan fingerprint density at radius 2 is 1.94 bits per heavy atom. The lowest BCUT2D eigenvalue weighted by atomic mass is 9.94. The van der Waals surface area contributed by atoms with Crippen molar-refractivity contribution < 1.29 is 9.59 Å². The summed E-state index contributed by atoms with van der Waals surface area (Å²) in [7, 11) is 1.81. The number of rotatable bonds is 4. The number of carbonyl (C=O) groups excluding carboxylic acids is 2. The fourth-order valence-corrected chi connectivity index (χ4v) is 2.04. The predicted octanol–water partition coefficient (Wildman–Crippen LogP) is -0.148. The Morgan fingerprint density at radius 1 is 1.31 bits per heavy atom. The van der Waals surface area contributed by atoms with Crippen molar-refractivity contribution in [2.75, 3.05) is 20.1 Å². The van der Waals surface area contributed by atoms with Crippen molar-refractivity contribution in [2.45, 2.75) is 38.1 Å². The highest BCUT2D eigenvalue weighted by Crippen LogP contribution is 2.21. The zero-order chi connectivity index (χ0) is 12.0. The van der Waals surface area contributed by atoms with Gasteiger partial charge in [-0.25, -0.2) is 0 Å². The van der Waals surface area contributed by atoms with E-state index < -0.39 is 0 Å². The zero-order valence-corrected chi connectivity index (χ0v) is 9.87. The van der Waals surface area contributed by atoms with E-state index in [0.29, 0.717) is 6.04 Å². The molecule has 92 valence electrons. The molecule has 0 saturated heterocycles. The van der Waals surface area contributed by atoms with Gasteiger partial charge in [-0.15, -0.1) is 0 Å². The van der Waals surface area contributed by atoms with Gasteiger partial charge in [0.05, 0.1) is 13.1 Å². The van der Waals surface area contributed by atoms with E-state index >= 15 is 0 Å². The fourth-order valence-electron chi connectivity index (χ4n) is 2.04. The van der Waals surface area contributed by atoms with Crippen LogP contribution in [0.3, 0.4) is 0 Å². The minimum absolute atomic E-state index is 0.0336. The van der Waals surface area contributed by atoms with Gasteiger partial charge in [-0.1, -0.05) is 19.3 Å². The molecule has 2 amide bonds. The number of amides is 2. The van der Waals surface area contributed by atoms with Crippen LogP contribution < -0.4 is 11.1 Å². The normalized spacial score (nSPS) is 16.9. The topological polar surface area (TPSA) is 75.4 Å². The van der Waals surface area contributed by atoms with Gasteiger partial charge in [-0.2, -0.15) is 0 Å². The number of nitrogens with two attached hydrogens (primary N) is 1.